The summed E-state index contributed by atoms with van der Waals surface area (Å²) in [6.07, 6.45) is 3.60. The number of rotatable bonds is 5. The zero-order valence-electron chi connectivity index (χ0n) is 12.8. The van der Waals surface area contributed by atoms with Gasteiger partial charge in [0.25, 0.3) is 0 Å². The number of aliphatic hydroxyl groups excluding tert-OH is 1. The Morgan fingerprint density at radius 1 is 1.30 bits per heavy atom. The van der Waals surface area contributed by atoms with Crippen LogP contribution >= 0.6 is 0 Å². The summed E-state index contributed by atoms with van der Waals surface area (Å²) in [5, 5.41) is 9.74. The molecule has 0 aliphatic carbocycles. The van der Waals surface area contributed by atoms with Crippen LogP contribution in [-0.2, 0) is 13.0 Å². The highest BCUT2D eigenvalue weighted by atomic mass is 19.1. The molecule has 0 saturated carbocycles. The lowest BCUT2D eigenvalue weighted by Crippen LogP contribution is -2.04. The van der Waals surface area contributed by atoms with Gasteiger partial charge in [-0.2, -0.15) is 0 Å². The van der Waals surface area contributed by atoms with Gasteiger partial charge in [0.15, 0.2) is 5.78 Å². The van der Waals surface area contributed by atoms with Gasteiger partial charge in [-0.1, -0.05) is 0 Å². The lowest BCUT2D eigenvalue weighted by molar-refractivity contribution is 0.0994. The maximum atomic E-state index is 13.6. The van der Waals surface area contributed by atoms with Gasteiger partial charge in [-0.25, -0.2) is 4.39 Å². The molecule has 2 heterocycles. The quantitative estimate of drug-likeness (QED) is 0.737. The molecule has 0 atom stereocenters. The zero-order valence-corrected chi connectivity index (χ0v) is 12.8. The Balaban J connectivity index is 2.01. The summed E-state index contributed by atoms with van der Waals surface area (Å²) in [4.78, 5) is 16.8. The fraction of sp³-hybridized carbons (Fsp3) is 0.222. The van der Waals surface area contributed by atoms with E-state index < -0.39 is 0 Å². The van der Waals surface area contributed by atoms with Gasteiger partial charge in [0.1, 0.15) is 5.82 Å². The third kappa shape index (κ3) is 3.14. The monoisotopic (exact) mass is 312 g/mol. The second-order valence-corrected chi connectivity index (χ2v) is 5.53. The van der Waals surface area contributed by atoms with Gasteiger partial charge in [-0.15, -0.1) is 0 Å². The van der Waals surface area contributed by atoms with Crippen LogP contribution in [0.1, 0.15) is 21.6 Å². The first kappa shape index (κ1) is 15.4. The predicted octanol–water partition coefficient (Wildman–Crippen LogP) is 2.90. The first-order valence-electron chi connectivity index (χ1n) is 7.42. The fourth-order valence-electron chi connectivity index (χ4n) is 2.78. The molecule has 23 heavy (non-hydrogen) atoms. The average molecular weight is 312 g/mol. The summed E-state index contributed by atoms with van der Waals surface area (Å²) >= 11 is 0. The van der Waals surface area contributed by atoms with Gasteiger partial charge in [0.05, 0.1) is 6.61 Å². The van der Waals surface area contributed by atoms with Gasteiger partial charge in [0.2, 0.25) is 0 Å². The van der Waals surface area contributed by atoms with E-state index >= 15 is 0 Å². The molecular formula is C18H17FN2O2. The molecule has 0 fully saturated rings. The highest BCUT2D eigenvalue weighted by Gasteiger charge is 2.16. The molecule has 118 valence electrons. The molecule has 0 radical (unpaired) electrons. The summed E-state index contributed by atoms with van der Waals surface area (Å²) in [5.41, 5.74) is 2.95. The van der Waals surface area contributed by atoms with Crippen LogP contribution in [0.5, 0.6) is 0 Å². The van der Waals surface area contributed by atoms with Crippen molar-refractivity contribution in [2.75, 3.05) is 6.61 Å². The highest BCUT2D eigenvalue weighted by molar-refractivity contribution is 6.08. The molecule has 0 spiro atoms. The van der Waals surface area contributed by atoms with E-state index in [1.807, 2.05) is 13.0 Å². The summed E-state index contributed by atoms with van der Waals surface area (Å²) in [5.74, 6) is -0.462. The minimum absolute atomic E-state index is 0.0433. The molecule has 0 saturated heterocycles. The van der Waals surface area contributed by atoms with Crippen LogP contribution in [0, 0.1) is 12.7 Å². The number of aliphatic hydroxyl groups is 1. The minimum atomic E-state index is -0.381. The lowest BCUT2D eigenvalue weighted by Gasteiger charge is -2.01. The molecule has 1 N–H and O–H groups in total. The van der Waals surface area contributed by atoms with Crippen molar-refractivity contribution in [3.05, 3.63) is 65.4 Å². The van der Waals surface area contributed by atoms with Crippen LogP contribution in [0.4, 0.5) is 4.39 Å². The number of carbonyl (C=O) groups excluding carboxylic acids is 1. The first-order valence-corrected chi connectivity index (χ1v) is 7.42. The third-order valence-corrected chi connectivity index (χ3v) is 3.81. The Labute approximate surface area is 133 Å². The molecule has 0 bridgehead atoms. The topological polar surface area (TPSA) is 55.1 Å². The molecule has 3 aromatic rings. The van der Waals surface area contributed by atoms with Crippen molar-refractivity contribution < 1.29 is 14.3 Å². The van der Waals surface area contributed by atoms with E-state index in [1.54, 1.807) is 29.1 Å². The molecular weight excluding hydrogens is 295 g/mol. The molecule has 2 aromatic heterocycles. The van der Waals surface area contributed by atoms with Gasteiger partial charge in [0, 0.05) is 47.5 Å². The van der Waals surface area contributed by atoms with Gasteiger partial charge in [-0.05, 0) is 42.8 Å². The van der Waals surface area contributed by atoms with E-state index in [9.17, 15) is 9.18 Å². The maximum absolute atomic E-state index is 13.6. The molecule has 4 nitrogen and oxygen atoms in total. The third-order valence-electron chi connectivity index (χ3n) is 3.81. The summed E-state index contributed by atoms with van der Waals surface area (Å²) in [7, 11) is 0. The number of hydrogen-bond donors (Lipinski definition) is 1. The summed E-state index contributed by atoms with van der Waals surface area (Å²) < 4.78 is 15.4. The van der Waals surface area contributed by atoms with E-state index in [0.717, 1.165) is 16.8 Å². The van der Waals surface area contributed by atoms with Crippen LogP contribution in [0.15, 0.2) is 42.7 Å². The van der Waals surface area contributed by atoms with Crippen molar-refractivity contribution in [2.24, 2.45) is 0 Å². The van der Waals surface area contributed by atoms with Crippen LogP contribution in [-0.4, -0.2) is 27.0 Å². The summed E-state index contributed by atoms with van der Waals surface area (Å²) in [6.45, 7) is 2.19. The average Bonchev–Trinajstić information content (AvgIpc) is 2.86. The largest absolute Gasteiger partial charge is 0.395 e. The number of Topliss-reactive ketones (excluding diaryl/α,β-unsaturated/α-hetero) is 1. The number of benzene rings is 1. The number of pyridine rings is 1. The Bertz CT molecular complexity index is 871. The number of ketones is 1. The Kier molecular flexibility index (Phi) is 4.21. The smallest absolute Gasteiger partial charge is 0.169 e. The van der Waals surface area contributed by atoms with Gasteiger partial charge >= 0.3 is 0 Å². The fourth-order valence-corrected chi connectivity index (χ4v) is 2.78. The Morgan fingerprint density at radius 3 is 2.87 bits per heavy atom. The number of aryl methyl sites for hydroxylation is 1. The minimum Gasteiger partial charge on any atom is -0.395 e. The highest BCUT2D eigenvalue weighted by Crippen LogP contribution is 2.24. The number of halogens is 1. The molecule has 0 aliphatic rings. The van der Waals surface area contributed by atoms with E-state index in [1.165, 1.54) is 12.1 Å². The normalized spacial score (nSPS) is 11.1. The zero-order chi connectivity index (χ0) is 16.4. The molecule has 5 heteroatoms. The van der Waals surface area contributed by atoms with Crippen molar-refractivity contribution in [2.45, 2.75) is 19.9 Å². The van der Waals surface area contributed by atoms with E-state index in [4.69, 9.17) is 5.11 Å². The second-order valence-electron chi connectivity index (χ2n) is 5.53. The van der Waals surface area contributed by atoms with Gasteiger partial charge in [-0.3, -0.25) is 9.78 Å². The van der Waals surface area contributed by atoms with Crippen LogP contribution in [0.25, 0.3) is 10.9 Å². The van der Waals surface area contributed by atoms with E-state index in [-0.39, 0.29) is 24.6 Å². The number of nitrogens with zero attached hydrogens (tertiary/aromatic N) is 2. The molecule has 0 unspecified atom stereocenters. The number of aromatic nitrogens is 2. The summed E-state index contributed by atoms with van der Waals surface area (Å²) in [6, 6.07) is 8.03. The Morgan fingerprint density at radius 2 is 2.13 bits per heavy atom. The number of fused-ring (bicyclic) bond motifs is 1. The SMILES string of the molecule is Cc1cc(CC(=O)c2cn(CCO)c3ccc(F)cc23)ccn1. The van der Waals surface area contributed by atoms with Crippen molar-refractivity contribution in [1.29, 1.82) is 0 Å². The number of hydrogen-bond acceptors (Lipinski definition) is 3. The molecule has 0 amide bonds. The predicted molar refractivity (Wildman–Crippen MR) is 86.0 cm³/mol. The van der Waals surface area contributed by atoms with Crippen molar-refractivity contribution >= 4 is 16.7 Å². The van der Waals surface area contributed by atoms with Crippen LogP contribution < -0.4 is 0 Å². The van der Waals surface area contributed by atoms with Crippen LogP contribution in [0.3, 0.4) is 0 Å². The van der Waals surface area contributed by atoms with Crippen molar-refractivity contribution in [3.63, 3.8) is 0 Å². The maximum Gasteiger partial charge on any atom is 0.169 e. The first-order chi connectivity index (χ1) is 11.1. The Hall–Kier alpha value is -2.53. The van der Waals surface area contributed by atoms with Crippen molar-refractivity contribution in [3.8, 4) is 0 Å². The van der Waals surface area contributed by atoms with E-state index in [2.05, 4.69) is 4.98 Å². The van der Waals surface area contributed by atoms with Crippen molar-refractivity contribution in [1.82, 2.24) is 9.55 Å². The standard InChI is InChI=1S/C18H17FN2O2/c1-12-8-13(4-5-20-12)9-18(23)16-11-21(6-7-22)17-3-2-14(19)10-15(16)17/h2-5,8,10-11,22H,6-7,9H2,1H3. The van der Waals surface area contributed by atoms with E-state index in [0.29, 0.717) is 17.5 Å². The molecule has 0 aliphatic heterocycles. The second kappa shape index (κ2) is 6.30. The molecule has 3 rings (SSSR count). The number of carbonyl (C=O) groups is 1. The lowest BCUT2D eigenvalue weighted by atomic mass is 10.0. The molecule has 1 aromatic carbocycles. The van der Waals surface area contributed by atoms with Gasteiger partial charge < -0.3 is 9.67 Å². The van der Waals surface area contributed by atoms with Crippen LogP contribution in [0.2, 0.25) is 0 Å².